The highest BCUT2D eigenvalue weighted by Crippen LogP contribution is 2.40. The molecule has 2 aliphatic heterocycles. The van der Waals surface area contributed by atoms with E-state index >= 15 is 0 Å². The van der Waals surface area contributed by atoms with Gasteiger partial charge in [-0.3, -0.25) is 19.7 Å². The van der Waals surface area contributed by atoms with E-state index in [1.54, 1.807) is 0 Å². The topological polar surface area (TPSA) is 102 Å². The molecule has 28 heavy (non-hydrogen) atoms. The Morgan fingerprint density at radius 2 is 1.89 bits per heavy atom. The van der Waals surface area contributed by atoms with Crippen molar-refractivity contribution in [3.8, 4) is 0 Å². The molecule has 8 nitrogen and oxygen atoms in total. The lowest BCUT2D eigenvalue weighted by Crippen LogP contribution is -2.40. The van der Waals surface area contributed by atoms with Gasteiger partial charge in [-0.2, -0.15) is 0 Å². The maximum atomic E-state index is 13.4. The normalized spacial score (nSPS) is 21.2. The maximum Gasteiger partial charge on any atom is 0.281 e. The van der Waals surface area contributed by atoms with Gasteiger partial charge in [0.15, 0.2) is 0 Å². The third kappa shape index (κ3) is 2.80. The molecule has 2 aromatic carbocycles. The van der Waals surface area contributed by atoms with Crippen molar-refractivity contribution < 1.29 is 23.7 Å². The highest BCUT2D eigenvalue weighted by molar-refractivity contribution is 6.32. The van der Waals surface area contributed by atoms with Crippen molar-refractivity contribution in [2.24, 2.45) is 5.16 Å². The lowest BCUT2D eigenvalue weighted by molar-refractivity contribution is -0.384. The van der Waals surface area contributed by atoms with Crippen molar-refractivity contribution >= 4 is 40.5 Å². The molecule has 10 heteroatoms. The van der Waals surface area contributed by atoms with Crippen LogP contribution in [0, 0.1) is 15.9 Å². The van der Waals surface area contributed by atoms with Crippen LogP contribution in [0.4, 0.5) is 15.8 Å². The summed E-state index contributed by atoms with van der Waals surface area (Å²) in [6.45, 7) is 0. The average Bonchev–Trinajstić information content (AvgIpc) is 3.19. The second-order valence-electron chi connectivity index (χ2n) is 6.41. The van der Waals surface area contributed by atoms with Crippen LogP contribution in [0.5, 0.6) is 0 Å². The highest BCUT2D eigenvalue weighted by atomic mass is 35.5. The van der Waals surface area contributed by atoms with Crippen LogP contribution < -0.4 is 4.90 Å². The van der Waals surface area contributed by atoms with Gasteiger partial charge in [0.1, 0.15) is 5.82 Å². The Kier molecular flexibility index (Phi) is 4.11. The Hall–Kier alpha value is -3.33. The van der Waals surface area contributed by atoms with Gasteiger partial charge >= 0.3 is 0 Å². The number of nitro benzene ring substituents is 1. The van der Waals surface area contributed by atoms with Gasteiger partial charge in [-0.15, -0.1) is 0 Å². The number of hydrogen-bond acceptors (Lipinski definition) is 6. The predicted molar refractivity (Wildman–Crippen MR) is 96.6 cm³/mol. The molecule has 1 fully saturated rings. The molecular formula is C18H11ClFN3O5. The van der Waals surface area contributed by atoms with Crippen LogP contribution in [0.3, 0.4) is 0 Å². The molecule has 0 saturated carbocycles. The fourth-order valence-electron chi connectivity index (χ4n) is 3.22. The Balaban J connectivity index is 1.58. The van der Waals surface area contributed by atoms with Gasteiger partial charge in [0.25, 0.3) is 11.6 Å². The highest BCUT2D eigenvalue weighted by Gasteiger charge is 2.58. The van der Waals surface area contributed by atoms with Gasteiger partial charge in [0.05, 0.1) is 27.8 Å². The van der Waals surface area contributed by atoms with Crippen molar-refractivity contribution in [3.63, 3.8) is 0 Å². The van der Waals surface area contributed by atoms with E-state index in [9.17, 15) is 24.1 Å². The number of carbonyl (C=O) groups excluding carboxylic acids is 2. The molecule has 1 atom stereocenters. The number of non-ortho nitro benzene ring substituents is 1. The second kappa shape index (κ2) is 6.38. The third-order valence-electron chi connectivity index (χ3n) is 4.64. The molecule has 2 amide bonds. The minimum atomic E-state index is -1.49. The van der Waals surface area contributed by atoms with Gasteiger partial charge < -0.3 is 4.84 Å². The molecule has 2 heterocycles. The number of amides is 2. The number of carbonyl (C=O) groups is 2. The van der Waals surface area contributed by atoms with Crippen LogP contribution in [0.2, 0.25) is 5.02 Å². The number of anilines is 1. The molecule has 0 bridgehead atoms. The number of nitro groups is 1. The van der Waals surface area contributed by atoms with E-state index in [4.69, 9.17) is 16.4 Å². The van der Waals surface area contributed by atoms with Crippen LogP contribution in [0.25, 0.3) is 0 Å². The van der Waals surface area contributed by atoms with Crippen LogP contribution in [0.15, 0.2) is 47.6 Å². The SMILES string of the molecule is O=C1C[C@]2(CC(c3ccc([N+](=O)[O-])cc3)=NO2)C(=O)N1c1ccc(F)c(Cl)c1. The summed E-state index contributed by atoms with van der Waals surface area (Å²) in [5, 5.41) is 14.5. The molecule has 2 aliphatic rings. The molecular weight excluding hydrogens is 393 g/mol. The van der Waals surface area contributed by atoms with E-state index in [1.807, 2.05) is 0 Å². The monoisotopic (exact) mass is 403 g/mol. The van der Waals surface area contributed by atoms with Gasteiger partial charge in [-0.05, 0) is 35.9 Å². The van der Waals surface area contributed by atoms with Gasteiger partial charge in [-0.25, -0.2) is 9.29 Å². The van der Waals surface area contributed by atoms with Crippen LogP contribution >= 0.6 is 11.6 Å². The summed E-state index contributed by atoms with van der Waals surface area (Å²) >= 11 is 5.75. The van der Waals surface area contributed by atoms with Gasteiger partial charge in [0, 0.05) is 18.6 Å². The number of hydrogen-bond donors (Lipinski definition) is 0. The van der Waals surface area contributed by atoms with Crippen molar-refractivity contribution in [1.82, 2.24) is 0 Å². The minimum Gasteiger partial charge on any atom is -0.378 e. The molecule has 1 saturated heterocycles. The van der Waals surface area contributed by atoms with Crippen LogP contribution in [-0.2, 0) is 14.4 Å². The molecule has 0 N–H and O–H groups in total. The second-order valence-corrected chi connectivity index (χ2v) is 6.82. The number of oxime groups is 1. The van der Waals surface area contributed by atoms with Crippen molar-refractivity contribution in [1.29, 1.82) is 0 Å². The lowest BCUT2D eigenvalue weighted by Gasteiger charge is -2.19. The Bertz CT molecular complexity index is 1060. The summed E-state index contributed by atoms with van der Waals surface area (Å²) in [6, 6.07) is 9.17. The van der Waals surface area contributed by atoms with Crippen LogP contribution in [-0.4, -0.2) is 28.1 Å². The predicted octanol–water partition coefficient (Wildman–Crippen LogP) is 3.21. The smallest absolute Gasteiger partial charge is 0.281 e. The number of benzene rings is 2. The van der Waals surface area contributed by atoms with Gasteiger partial charge in [-0.1, -0.05) is 16.8 Å². The van der Waals surface area contributed by atoms with E-state index < -0.39 is 28.2 Å². The van der Waals surface area contributed by atoms with E-state index in [0.29, 0.717) is 11.3 Å². The molecule has 2 aromatic rings. The fraction of sp³-hybridized carbons (Fsp3) is 0.167. The number of halogens is 2. The van der Waals surface area contributed by atoms with Gasteiger partial charge in [0.2, 0.25) is 11.5 Å². The van der Waals surface area contributed by atoms with E-state index in [0.717, 1.165) is 11.0 Å². The zero-order chi connectivity index (χ0) is 20.1. The summed E-state index contributed by atoms with van der Waals surface area (Å²) < 4.78 is 13.4. The zero-order valence-electron chi connectivity index (χ0n) is 14.1. The average molecular weight is 404 g/mol. The van der Waals surface area contributed by atoms with E-state index in [-0.39, 0.29) is 29.2 Å². The molecule has 0 unspecified atom stereocenters. The molecule has 142 valence electrons. The largest absolute Gasteiger partial charge is 0.378 e. The van der Waals surface area contributed by atoms with Crippen LogP contribution in [0.1, 0.15) is 18.4 Å². The summed E-state index contributed by atoms with van der Waals surface area (Å²) in [5.41, 5.74) is -0.481. The standard InChI is InChI=1S/C18H11ClFN3O5/c19-13-7-12(5-6-14(13)20)22-16(24)9-18(17(22)25)8-15(21-28-18)10-1-3-11(4-2-10)23(26)27/h1-7H,8-9H2/t18-/m1/s1. The van der Waals surface area contributed by atoms with E-state index in [2.05, 4.69) is 5.16 Å². The number of rotatable bonds is 3. The summed E-state index contributed by atoms with van der Waals surface area (Å²) in [5.74, 6) is -1.81. The quantitative estimate of drug-likeness (QED) is 0.445. The molecule has 4 rings (SSSR count). The Morgan fingerprint density at radius 1 is 1.18 bits per heavy atom. The lowest BCUT2D eigenvalue weighted by atomic mass is 9.92. The molecule has 0 aromatic heterocycles. The molecule has 0 radical (unpaired) electrons. The maximum absolute atomic E-state index is 13.4. The Labute approximate surface area is 162 Å². The first kappa shape index (κ1) is 18.1. The first-order chi connectivity index (χ1) is 13.3. The summed E-state index contributed by atoms with van der Waals surface area (Å²) in [4.78, 5) is 41.9. The first-order valence-corrected chi connectivity index (χ1v) is 8.51. The summed E-state index contributed by atoms with van der Waals surface area (Å²) in [6.07, 6.45) is -0.207. The third-order valence-corrected chi connectivity index (χ3v) is 4.92. The number of imide groups is 1. The van der Waals surface area contributed by atoms with E-state index in [1.165, 1.54) is 36.4 Å². The first-order valence-electron chi connectivity index (χ1n) is 8.13. The van der Waals surface area contributed by atoms with Crippen molar-refractivity contribution in [2.75, 3.05) is 4.90 Å². The van der Waals surface area contributed by atoms with Crippen molar-refractivity contribution in [3.05, 3.63) is 69.0 Å². The minimum absolute atomic E-state index is 0.0286. The molecule has 0 aliphatic carbocycles. The summed E-state index contributed by atoms with van der Waals surface area (Å²) in [7, 11) is 0. The van der Waals surface area contributed by atoms with Crippen molar-refractivity contribution in [2.45, 2.75) is 18.4 Å². The zero-order valence-corrected chi connectivity index (χ0v) is 14.9. The number of nitrogens with zero attached hydrogens (tertiary/aromatic N) is 3. The fourth-order valence-corrected chi connectivity index (χ4v) is 3.39. The Morgan fingerprint density at radius 3 is 2.54 bits per heavy atom. The molecule has 1 spiro atoms.